The SMILES string of the molecule is CO[C@H](CN(C)S(=O)(=O)c1ccccc1)[C@@H](C)CN(Cc1ccccc1Cl)[C@H](C)CO. The molecule has 0 aliphatic carbocycles. The molecule has 6 nitrogen and oxygen atoms in total. The Bertz CT molecular complexity index is 911. The summed E-state index contributed by atoms with van der Waals surface area (Å²) in [6.45, 7) is 5.42. The zero-order chi connectivity index (χ0) is 23.0. The summed E-state index contributed by atoms with van der Waals surface area (Å²) in [5, 5.41) is 10.4. The van der Waals surface area contributed by atoms with Crippen molar-refractivity contribution in [2.24, 2.45) is 5.92 Å². The van der Waals surface area contributed by atoms with Crippen LogP contribution in [0.2, 0.25) is 5.02 Å². The van der Waals surface area contributed by atoms with Gasteiger partial charge in [-0.3, -0.25) is 4.90 Å². The van der Waals surface area contributed by atoms with Gasteiger partial charge in [0.2, 0.25) is 10.0 Å². The summed E-state index contributed by atoms with van der Waals surface area (Å²) < 4.78 is 32.8. The first-order chi connectivity index (χ1) is 14.7. The minimum atomic E-state index is -3.60. The third kappa shape index (κ3) is 7.00. The van der Waals surface area contributed by atoms with Crippen molar-refractivity contribution in [2.75, 3.05) is 33.9 Å². The summed E-state index contributed by atoms with van der Waals surface area (Å²) in [4.78, 5) is 2.40. The Morgan fingerprint density at radius 2 is 1.65 bits per heavy atom. The summed E-state index contributed by atoms with van der Waals surface area (Å²) >= 11 is 6.33. The van der Waals surface area contributed by atoms with E-state index in [1.54, 1.807) is 44.5 Å². The van der Waals surface area contributed by atoms with E-state index in [2.05, 4.69) is 4.90 Å². The lowest BCUT2D eigenvalue weighted by Crippen LogP contribution is -2.44. The van der Waals surface area contributed by atoms with Crippen LogP contribution in [0.15, 0.2) is 59.5 Å². The van der Waals surface area contributed by atoms with Crippen molar-refractivity contribution in [3.05, 3.63) is 65.2 Å². The van der Waals surface area contributed by atoms with Crippen molar-refractivity contribution in [2.45, 2.75) is 37.4 Å². The maximum Gasteiger partial charge on any atom is 0.242 e. The van der Waals surface area contributed by atoms with Crippen molar-refractivity contribution in [3.8, 4) is 0 Å². The first kappa shape index (κ1) is 25.8. The molecule has 0 unspecified atom stereocenters. The molecule has 1 N–H and O–H groups in total. The van der Waals surface area contributed by atoms with Gasteiger partial charge < -0.3 is 9.84 Å². The average molecular weight is 469 g/mol. The Balaban J connectivity index is 2.11. The standard InChI is InChI=1S/C23H33ClN2O4S/c1-18(14-26(19(2)17-27)15-20-10-8-9-13-22(20)24)23(30-4)16-25(3)31(28,29)21-11-6-5-7-12-21/h5-13,18-19,23,27H,14-17H2,1-4H3/t18-,19+,23+/m0/s1. The molecule has 0 heterocycles. The van der Waals surface area contributed by atoms with Gasteiger partial charge in [-0.15, -0.1) is 0 Å². The van der Waals surface area contributed by atoms with Crippen LogP contribution in [0, 0.1) is 5.92 Å². The molecule has 3 atom stereocenters. The molecule has 0 aliphatic rings. The van der Waals surface area contributed by atoms with Crippen LogP contribution in [-0.4, -0.2) is 68.7 Å². The quantitative estimate of drug-likeness (QED) is 0.516. The normalized spacial score (nSPS) is 15.2. The number of halogens is 1. The maximum absolute atomic E-state index is 12.9. The van der Waals surface area contributed by atoms with Crippen molar-refractivity contribution in [1.82, 2.24) is 9.21 Å². The predicted molar refractivity (Wildman–Crippen MR) is 125 cm³/mol. The molecule has 0 spiro atoms. The van der Waals surface area contributed by atoms with Gasteiger partial charge in [0.15, 0.2) is 0 Å². The highest BCUT2D eigenvalue weighted by atomic mass is 35.5. The largest absolute Gasteiger partial charge is 0.395 e. The van der Waals surface area contributed by atoms with E-state index >= 15 is 0 Å². The number of methoxy groups -OCH3 is 1. The fourth-order valence-corrected chi connectivity index (χ4v) is 4.86. The molecule has 8 heteroatoms. The van der Waals surface area contributed by atoms with E-state index in [4.69, 9.17) is 16.3 Å². The number of aliphatic hydroxyl groups is 1. The van der Waals surface area contributed by atoms with Gasteiger partial charge in [0.1, 0.15) is 0 Å². The lowest BCUT2D eigenvalue weighted by atomic mass is 10.0. The number of aliphatic hydroxyl groups excluding tert-OH is 1. The Kier molecular flexibility index (Phi) is 9.93. The molecular formula is C23H33ClN2O4S. The fourth-order valence-electron chi connectivity index (χ4n) is 3.46. The van der Waals surface area contributed by atoms with Gasteiger partial charge in [0.25, 0.3) is 0 Å². The second-order valence-electron chi connectivity index (χ2n) is 7.90. The zero-order valence-corrected chi connectivity index (χ0v) is 20.2. The predicted octanol–water partition coefficient (Wildman–Crippen LogP) is 3.49. The third-order valence-electron chi connectivity index (χ3n) is 5.57. The Hall–Kier alpha value is -1.48. The first-order valence-electron chi connectivity index (χ1n) is 10.3. The molecule has 0 radical (unpaired) electrons. The van der Waals surface area contributed by atoms with E-state index in [1.165, 1.54) is 4.31 Å². The average Bonchev–Trinajstić information content (AvgIpc) is 2.78. The molecule has 2 rings (SSSR count). The molecule has 0 saturated carbocycles. The topological polar surface area (TPSA) is 70.1 Å². The van der Waals surface area contributed by atoms with Crippen molar-refractivity contribution < 1.29 is 18.3 Å². The minimum Gasteiger partial charge on any atom is -0.395 e. The van der Waals surface area contributed by atoms with Gasteiger partial charge in [-0.25, -0.2) is 8.42 Å². The van der Waals surface area contributed by atoms with Gasteiger partial charge in [-0.2, -0.15) is 4.31 Å². The summed E-state index contributed by atoms with van der Waals surface area (Å²) in [6, 6.07) is 15.9. The molecule has 0 aromatic heterocycles. The molecule has 2 aromatic carbocycles. The van der Waals surface area contributed by atoms with Crippen LogP contribution >= 0.6 is 11.6 Å². The second-order valence-corrected chi connectivity index (χ2v) is 10.4. The Morgan fingerprint density at radius 3 is 2.23 bits per heavy atom. The third-order valence-corrected chi connectivity index (χ3v) is 7.77. The number of likely N-dealkylation sites (N-methyl/N-ethyl adjacent to an activating group) is 1. The highest BCUT2D eigenvalue weighted by Crippen LogP contribution is 2.22. The number of nitrogens with zero attached hydrogens (tertiary/aromatic N) is 2. The van der Waals surface area contributed by atoms with Gasteiger partial charge in [0, 0.05) is 44.9 Å². The van der Waals surface area contributed by atoms with E-state index in [0.29, 0.717) is 18.1 Å². The highest BCUT2D eigenvalue weighted by Gasteiger charge is 2.28. The van der Waals surface area contributed by atoms with Crippen molar-refractivity contribution in [3.63, 3.8) is 0 Å². The molecule has 31 heavy (non-hydrogen) atoms. The number of ether oxygens (including phenoxy) is 1. The first-order valence-corrected chi connectivity index (χ1v) is 12.1. The van der Waals surface area contributed by atoms with E-state index in [1.807, 2.05) is 38.1 Å². The summed E-state index contributed by atoms with van der Waals surface area (Å²) in [5.41, 5.74) is 0.981. The van der Waals surface area contributed by atoms with Crippen molar-refractivity contribution in [1.29, 1.82) is 0 Å². The van der Waals surface area contributed by atoms with Gasteiger partial charge in [-0.05, 0) is 36.6 Å². The maximum atomic E-state index is 12.9. The zero-order valence-electron chi connectivity index (χ0n) is 18.6. The van der Waals surface area contributed by atoms with Crippen LogP contribution in [0.4, 0.5) is 0 Å². The lowest BCUT2D eigenvalue weighted by Gasteiger charge is -2.34. The second kappa shape index (κ2) is 11.9. The molecule has 172 valence electrons. The highest BCUT2D eigenvalue weighted by molar-refractivity contribution is 7.89. The van der Waals surface area contributed by atoms with Gasteiger partial charge >= 0.3 is 0 Å². The molecule has 0 aliphatic heterocycles. The molecule has 0 bridgehead atoms. The smallest absolute Gasteiger partial charge is 0.242 e. The number of hydrogen-bond acceptors (Lipinski definition) is 5. The van der Waals surface area contributed by atoms with Crippen LogP contribution < -0.4 is 0 Å². The molecule has 0 fully saturated rings. The van der Waals surface area contributed by atoms with Gasteiger partial charge in [-0.1, -0.05) is 54.9 Å². The molecular weight excluding hydrogens is 436 g/mol. The van der Waals surface area contributed by atoms with Crippen LogP contribution in [0.5, 0.6) is 0 Å². The number of hydrogen-bond donors (Lipinski definition) is 1. The number of benzene rings is 2. The van der Waals surface area contributed by atoms with Crippen molar-refractivity contribution >= 4 is 21.6 Å². The van der Waals surface area contributed by atoms with E-state index in [0.717, 1.165) is 5.56 Å². The number of sulfonamides is 1. The van der Waals surface area contributed by atoms with Crippen LogP contribution in [0.1, 0.15) is 19.4 Å². The van der Waals surface area contributed by atoms with Gasteiger partial charge in [0.05, 0.1) is 17.6 Å². The molecule has 2 aromatic rings. The van der Waals surface area contributed by atoms with E-state index in [9.17, 15) is 13.5 Å². The minimum absolute atomic E-state index is 0.00918. The summed E-state index contributed by atoms with van der Waals surface area (Å²) in [6.07, 6.45) is -0.317. The van der Waals surface area contributed by atoms with E-state index < -0.39 is 10.0 Å². The van der Waals surface area contributed by atoms with Crippen LogP contribution in [0.3, 0.4) is 0 Å². The fraction of sp³-hybridized carbons (Fsp3) is 0.478. The lowest BCUT2D eigenvalue weighted by molar-refractivity contribution is 0.0194. The summed E-state index contributed by atoms with van der Waals surface area (Å²) in [5.74, 6) is 0.00918. The van der Waals surface area contributed by atoms with E-state index in [-0.39, 0.29) is 36.1 Å². The van der Waals surface area contributed by atoms with Crippen LogP contribution in [-0.2, 0) is 21.3 Å². The monoisotopic (exact) mass is 468 g/mol. The summed E-state index contributed by atoms with van der Waals surface area (Å²) in [7, 11) is -0.435. The Morgan fingerprint density at radius 1 is 1.03 bits per heavy atom. The van der Waals surface area contributed by atoms with Crippen LogP contribution in [0.25, 0.3) is 0 Å². The molecule has 0 saturated heterocycles. The molecule has 0 amide bonds. The Labute approximate surface area is 191 Å². The number of rotatable bonds is 12.